The Bertz CT molecular complexity index is 1220. The maximum absolute atomic E-state index is 13.2. The number of aryl methyl sites for hydroxylation is 1. The minimum Gasteiger partial charge on any atom is -0.368 e. The van der Waals surface area contributed by atoms with Crippen LogP contribution < -0.4 is 11.1 Å². The quantitative estimate of drug-likeness (QED) is 0.532. The summed E-state index contributed by atoms with van der Waals surface area (Å²) in [5.41, 5.74) is 10.1. The Morgan fingerprint density at radius 1 is 0.900 bits per heavy atom. The predicted molar refractivity (Wildman–Crippen MR) is 118 cm³/mol. The fourth-order valence-electron chi connectivity index (χ4n) is 3.41. The van der Waals surface area contributed by atoms with E-state index in [-0.39, 0.29) is 5.91 Å². The van der Waals surface area contributed by atoms with Crippen molar-refractivity contribution >= 4 is 22.7 Å². The molecule has 1 heterocycles. The van der Waals surface area contributed by atoms with Crippen molar-refractivity contribution in [2.75, 3.05) is 0 Å². The second kappa shape index (κ2) is 8.17. The van der Waals surface area contributed by atoms with Gasteiger partial charge in [0.2, 0.25) is 5.91 Å². The number of aromatic nitrogens is 1. The molecule has 4 rings (SSSR count). The van der Waals surface area contributed by atoms with Gasteiger partial charge in [0.1, 0.15) is 6.04 Å². The lowest BCUT2D eigenvalue weighted by Crippen LogP contribution is -2.37. The van der Waals surface area contributed by atoms with Crippen molar-refractivity contribution < 1.29 is 9.59 Å². The molecule has 0 saturated carbocycles. The molecule has 2 amide bonds. The molecule has 148 valence electrons. The number of nitrogens with two attached hydrogens (primary N) is 1. The molecule has 0 saturated heterocycles. The number of para-hydroxylation sites is 1. The minimum atomic E-state index is -0.923. The number of rotatable bonds is 5. The molecule has 30 heavy (non-hydrogen) atoms. The van der Waals surface area contributed by atoms with Crippen LogP contribution in [-0.4, -0.2) is 16.8 Å². The summed E-state index contributed by atoms with van der Waals surface area (Å²) in [4.78, 5) is 30.0. The van der Waals surface area contributed by atoms with Gasteiger partial charge in [-0.15, -0.1) is 0 Å². The van der Waals surface area contributed by atoms with E-state index >= 15 is 0 Å². The zero-order valence-corrected chi connectivity index (χ0v) is 16.5. The summed E-state index contributed by atoms with van der Waals surface area (Å²) in [5, 5.41) is 3.50. The standard InChI is InChI=1S/C25H21N3O2/c1-16-11-13-17(14-12-16)22-15-20(19-9-5-6-10-21(19)27-22)25(30)28-23(24(26)29)18-7-3-2-4-8-18/h2-15,23H,1H3,(H2,26,29)(H,28,30). The molecule has 1 aromatic heterocycles. The number of hydrogen-bond donors (Lipinski definition) is 2. The van der Waals surface area contributed by atoms with Crippen LogP contribution in [0.15, 0.2) is 84.9 Å². The van der Waals surface area contributed by atoms with E-state index in [9.17, 15) is 9.59 Å². The normalized spacial score (nSPS) is 11.8. The summed E-state index contributed by atoms with van der Waals surface area (Å²) in [5.74, 6) is -0.999. The van der Waals surface area contributed by atoms with Crippen LogP contribution in [0.2, 0.25) is 0 Å². The van der Waals surface area contributed by atoms with Crippen LogP contribution in [0.4, 0.5) is 0 Å². The highest BCUT2D eigenvalue weighted by molar-refractivity contribution is 6.08. The molecule has 0 fully saturated rings. The fourth-order valence-corrected chi connectivity index (χ4v) is 3.41. The summed E-state index contributed by atoms with van der Waals surface area (Å²) in [7, 11) is 0. The molecule has 5 heteroatoms. The van der Waals surface area contributed by atoms with Crippen LogP contribution in [-0.2, 0) is 4.79 Å². The number of nitrogens with zero attached hydrogens (tertiary/aromatic N) is 1. The van der Waals surface area contributed by atoms with Gasteiger partial charge in [-0.1, -0.05) is 78.4 Å². The van der Waals surface area contributed by atoms with Gasteiger partial charge in [-0.2, -0.15) is 0 Å². The smallest absolute Gasteiger partial charge is 0.252 e. The summed E-state index contributed by atoms with van der Waals surface area (Å²) >= 11 is 0. The van der Waals surface area contributed by atoms with Gasteiger partial charge >= 0.3 is 0 Å². The van der Waals surface area contributed by atoms with Crippen LogP contribution >= 0.6 is 0 Å². The highest BCUT2D eigenvalue weighted by Crippen LogP contribution is 2.26. The van der Waals surface area contributed by atoms with Crippen molar-refractivity contribution in [2.45, 2.75) is 13.0 Å². The van der Waals surface area contributed by atoms with Crippen LogP contribution in [0.3, 0.4) is 0 Å². The molecule has 0 radical (unpaired) electrons. The van der Waals surface area contributed by atoms with Crippen molar-refractivity contribution in [3.63, 3.8) is 0 Å². The van der Waals surface area contributed by atoms with Gasteiger partial charge in [-0.3, -0.25) is 9.59 Å². The third kappa shape index (κ3) is 3.91. The Kier molecular flexibility index (Phi) is 5.26. The molecule has 0 bridgehead atoms. The Hall–Kier alpha value is -3.99. The van der Waals surface area contributed by atoms with Gasteiger partial charge in [0.15, 0.2) is 0 Å². The third-order valence-electron chi connectivity index (χ3n) is 5.00. The Morgan fingerprint density at radius 3 is 2.27 bits per heavy atom. The number of carbonyl (C=O) groups is 2. The number of primary amides is 1. The molecule has 0 spiro atoms. The summed E-state index contributed by atoms with van der Waals surface area (Å²) in [6, 6.07) is 25.2. The number of nitrogens with one attached hydrogen (secondary N) is 1. The van der Waals surface area contributed by atoms with E-state index in [4.69, 9.17) is 10.7 Å². The highest BCUT2D eigenvalue weighted by Gasteiger charge is 2.22. The van der Waals surface area contributed by atoms with Crippen molar-refractivity contribution in [3.05, 3.63) is 102 Å². The van der Waals surface area contributed by atoms with Crippen LogP contribution in [0.5, 0.6) is 0 Å². The maximum Gasteiger partial charge on any atom is 0.252 e. The van der Waals surface area contributed by atoms with Crippen molar-refractivity contribution in [1.29, 1.82) is 0 Å². The lowest BCUT2D eigenvalue weighted by molar-refractivity contribution is -0.120. The number of benzene rings is 3. The number of pyridine rings is 1. The summed E-state index contributed by atoms with van der Waals surface area (Å²) in [6.07, 6.45) is 0. The first kappa shape index (κ1) is 19.3. The lowest BCUT2D eigenvalue weighted by atomic mass is 10.0. The molecule has 0 aliphatic heterocycles. The first-order chi connectivity index (χ1) is 14.5. The largest absolute Gasteiger partial charge is 0.368 e. The number of hydrogen-bond acceptors (Lipinski definition) is 3. The molecule has 3 N–H and O–H groups in total. The molecule has 1 atom stereocenters. The van der Waals surface area contributed by atoms with E-state index in [1.807, 2.05) is 61.5 Å². The predicted octanol–water partition coefficient (Wildman–Crippen LogP) is 4.17. The van der Waals surface area contributed by atoms with Crippen LogP contribution in [0.25, 0.3) is 22.2 Å². The molecule has 5 nitrogen and oxygen atoms in total. The number of fused-ring (bicyclic) bond motifs is 1. The van der Waals surface area contributed by atoms with E-state index in [0.29, 0.717) is 27.7 Å². The molecule has 4 aromatic rings. The fraction of sp³-hybridized carbons (Fsp3) is 0.0800. The third-order valence-corrected chi connectivity index (χ3v) is 5.00. The molecule has 0 aliphatic rings. The van der Waals surface area contributed by atoms with Crippen LogP contribution in [0.1, 0.15) is 27.5 Å². The SMILES string of the molecule is Cc1ccc(-c2cc(C(=O)NC(C(N)=O)c3ccccc3)c3ccccc3n2)cc1. The van der Waals surface area contributed by atoms with Crippen molar-refractivity contribution in [3.8, 4) is 11.3 Å². The average Bonchev–Trinajstić information content (AvgIpc) is 2.77. The molecular weight excluding hydrogens is 374 g/mol. The summed E-state index contributed by atoms with van der Waals surface area (Å²) < 4.78 is 0. The number of amides is 2. The van der Waals surface area contributed by atoms with E-state index in [2.05, 4.69) is 5.32 Å². The Labute approximate surface area is 174 Å². The zero-order chi connectivity index (χ0) is 21.1. The number of carbonyl (C=O) groups excluding carboxylic acids is 2. The van der Waals surface area contributed by atoms with Crippen LogP contribution in [0, 0.1) is 6.92 Å². The zero-order valence-electron chi connectivity index (χ0n) is 16.5. The monoisotopic (exact) mass is 395 g/mol. The molecular formula is C25H21N3O2. The topological polar surface area (TPSA) is 85.1 Å². The van der Waals surface area contributed by atoms with Gasteiger partial charge < -0.3 is 11.1 Å². The molecule has 3 aromatic carbocycles. The molecule has 1 unspecified atom stereocenters. The van der Waals surface area contributed by atoms with Crippen molar-refractivity contribution in [1.82, 2.24) is 10.3 Å². The van der Waals surface area contributed by atoms with E-state index in [1.54, 1.807) is 30.3 Å². The highest BCUT2D eigenvalue weighted by atomic mass is 16.2. The Balaban J connectivity index is 1.77. The van der Waals surface area contributed by atoms with E-state index < -0.39 is 11.9 Å². The van der Waals surface area contributed by atoms with Gasteiger partial charge in [-0.25, -0.2) is 4.98 Å². The first-order valence-corrected chi connectivity index (χ1v) is 9.65. The second-order valence-corrected chi connectivity index (χ2v) is 7.16. The van der Waals surface area contributed by atoms with Gasteiger partial charge in [0.05, 0.1) is 16.8 Å². The lowest BCUT2D eigenvalue weighted by Gasteiger charge is -2.17. The van der Waals surface area contributed by atoms with Gasteiger partial charge in [-0.05, 0) is 24.6 Å². The Morgan fingerprint density at radius 2 is 1.57 bits per heavy atom. The second-order valence-electron chi connectivity index (χ2n) is 7.16. The minimum absolute atomic E-state index is 0.380. The van der Waals surface area contributed by atoms with Crippen molar-refractivity contribution in [2.24, 2.45) is 5.73 Å². The molecule has 0 aliphatic carbocycles. The van der Waals surface area contributed by atoms with Gasteiger partial charge in [0.25, 0.3) is 5.91 Å². The van der Waals surface area contributed by atoms with Gasteiger partial charge in [0, 0.05) is 10.9 Å². The average molecular weight is 395 g/mol. The van der Waals surface area contributed by atoms with E-state index in [1.165, 1.54) is 0 Å². The maximum atomic E-state index is 13.2. The first-order valence-electron chi connectivity index (χ1n) is 9.65. The summed E-state index contributed by atoms with van der Waals surface area (Å²) in [6.45, 7) is 2.02. The van der Waals surface area contributed by atoms with E-state index in [0.717, 1.165) is 11.1 Å².